The molecule has 0 unspecified atom stereocenters. The van der Waals surface area contributed by atoms with E-state index in [2.05, 4.69) is 4.90 Å². The van der Waals surface area contributed by atoms with Gasteiger partial charge in [-0.2, -0.15) is 0 Å². The number of carbonyl (C=O) groups is 2. The van der Waals surface area contributed by atoms with Gasteiger partial charge in [0.15, 0.2) is 0 Å². The van der Waals surface area contributed by atoms with Crippen molar-refractivity contribution in [3.63, 3.8) is 0 Å². The van der Waals surface area contributed by atoms with Crippen LogP contribution < -0.4 is 0 Å². The van der Waals surface area contributed by atoms with Gasteiger partial charge in [0.2, 0.25) is 11.8 Å². The Morgan fingerprint density at radius 3 is 2.40 bits per heavy atom. The summed E-state index contributed by atoms with van der Waals surface area (Å²) < 4.78 is 0. The average molecular weight is 343 g/mol. The fourth-order valence-electron chi connectivity index (χ4n) is 3.94. The minimum atomic E-state index is -0.0358. The third-order valence-electron chi connectivity index (χ3n) is 5.41. The molecule has 0 aliphatic carbocycles. The Hall–Kier alpha value is -1.88. The van der Waals surface area contributed by atoms with Crippen molar-refractivity contribution in [2.24, 2.45) is 0 Å². The second-order valence-corrected chi connectivity index (χ2v) is 7.13. The molecule has 0 aromatic heterocycles. The topological polar surface area (TPSA) is 43.9 Å². The molecule has 0 saturated carbocycles. The molecule has 3 rings (SSSR count). The van der Waals surface area contributed by atoms with E-state index in [1.54, 1.807) is 6.92 Å². The summed E-state index contributed by atoms with van der Waals surface area (Å²) in [7, 11) is 0. The Morgan fingerprint density at radius 1 is 1.00 bits per heavy atom. The first-order valence-corrected chi connectivity index (χ1v) is 9.47. The average Bonchev–Trinajstić information content (AvgIpc) is 2.67. The van der Waals surface area contributed by atoms with Crippen LogP contribution in [-0.2, 0) is 9.59 Å². The number of rotatable bonds is 4. The van der Waals surface area contributed by atoms with Crippen molar-refractivity contribution in [3.8, 4) is 0 Å². The molecule has 2 saturated heterocycles. The zero-order chi connectivity index (χ0) is 17.6. The van der Waals surface area contributed by atoms with Gasteiger partial charge in [-0.15, -0.1) is 0 Å². The Bertz CT molecular complexity index is 584. The van der Waals surface area contributed by atoms with Crippen molar-refractivity contribution in [2.75, 3.05) is 39.3 Å². The quantitative estimate of drug-likeness (QED) is 0.842. The van der Waals surface area contributed by atoms with Crippen molar-refractivity contribution in [1.82, 2.24) is 14.7 Å². The summed E-state index contributed by atoms with van der Waals surface area (Å²) in [5.74, 6) is 0.295. The van der Waals surface area contributed by atoms with E-state index in [0.717, 1.165) is 25.2 Å². The smallest absolute Gasteiger partial charge is 0.224 e. The Kier molecular flexibility index (Phi) is 6.08. The molecule has 0 N–H and O–H groups in total. The van der Waals surface area contributed by atoms with Gasteiger partial charge in [0.1, 0.15) is 0 Å². The maximum Gasteiger partial charge on any atom is 0.224 e. The highest BCUT2D eigenvalue weighted by Crippen LogP contribution is 2.26. The molecule has 1 atom stereocenters. The van der Waals surface area contributed by atoms with Crippen LogP contribution in [0, 0.1) is 0 Å². The third-order valence-corrected chi connectivity index (χ3v) is 5.41. The molecule has 0 spiro atoms. The predicted molar refractivity (Wildman–Crippen MR) is 98.1 cm³/mol. The lowest BCUT2D eigenvalue weighted by atomic mass is 10.0. The number of amides is 2. The van der Waals surface area contributed by atoms with Gasteiger partial charge in [-0.1, -0.05) is 36.8 Å². The molecule has 2 aliphatic heterocycles. The summed E-state index contributed by atoms with van der Waals surface area (Å²) in [6, 6.07) is 10.0. The molecule has 5 heteroatoms. The summed E-state index contributed by atoms with van der Waals surface area (Å²) >= 11 is 0. The number of piperidine rings is 1. The van der Waals surface area contributed by atoms with Gasteiger partial charge in [0.05, 0.1) is 6.04 Å². The number of hydrogen-bond acceptors (Lipinski definition) is 3. The second kappa shape index (κ2) is 8.48. The van der Waals surface area contributed by atoms with Crippen molar-refractivity contribution < 1.29 is 9.59 Å². The Morgan fingerprint density at radius 2 is 1.72 bits per heavy atom. The minimum Gasteiger partial charge on any atom is -0.338 e. The van der Waals surface area contributed by atoms with Crippen LogP contribution in [0.2, 0.25) is 0 Å². The van der Waals surface area contributed by atoms with Crippen LogP contribution in [0.25, 0.3) is 0 Å². The van der Waals surface area contributed by atoms with E-state index in [-0.39, 0.29) is 17.9 Å². The van der Waals surface area contributed by atoms with Crippen LogP contribution in [0.15, 0.2) is 30.3 Å². The summed E-state index contributed by atoms with van der Waals surface area (Å²) in [5.41, 5.74) is 1.10. The molecule has 5 nitrogen and oxygen atoms in total. The first-order valence-electron chi connectivity index (χ1n) is 9.47. The molecule has 1 aromatic rings. The molecular formula is C20H29N3O2. The zero-order valence-corrected chi connectivity index (χ0v) is 15.2. The Balaban J connectivity index is 1.61. The second-order valence-electron chi connectivity index (χ2n) is 7.13. The van der Waals surface area contributed by atoms with Gasteiger partial charge in [-0.05, 0) is 31.5 Å². The predicted octanol–water partition coefficient (Wildman–Crippen LogP) is 2.29. The summed E-state index contributed by atoms with van der Waals surface area (Å²) in [6.07, 6.45) is 4.40. The summed E-state index contributed by atoms with van der Waals surface area (Å²) in [5, 5.41) is 0. The molecule has 2 aliphatic rings. The largest absolute Gasteiger partial charge is 0.338 e. The lowest BCUT2D eigenvalue weighted by Gasteiger charge is -2.41. The van der Waals surface area contributed by atoms with Crippen LogP contribution in [-0.4, -0.2) is 65.8 Å². The fourth-order valence-corrected chi connectivity index (χ4v) is 3.94. The molecule has 0 radical (unpaired) electrons. The monoisotopic (exact) mass is 343 g/mol. The van der Waals surface area contributed by atoms with Gasteiger partial charge in [-0.25, -0.2) is 0 Å². The zero-order valence-electron chi connectivity index (χ0n) is 15.2. The molecule has 1 aromatic carbocycles. The highest BCUT2D eigenvalue weighted by Gasteiger charge is 2.31. The van der Waals surface area contributed by atoms with Gasteiger partial charge < -0.3 is 14.7 Å². The molecule has 25 heavy (non-hydrogen) atoms. The highest BCUT2D eigenvalue weighted by atomic mass is 16.2. The number of piperazine rings is 1. The first kappa shape index (κ1) is 17.9. The fraction of sp³-hybridized carbons (Fsp3) is 0.600. The van der Waals surface area contributed by atoms with Crippen LogP contribution in [0.5, 0.6) is 0 Å². The van der Waals surface area contributed by atoms with E-state index in [9.17, 15) is 9.59 Å². The van der Waals surface area contributed by atoms with Gasteiger partial charge in [-0.3, -0.25) is 9.59 Å². The van der Waals surface area contributed by atoms with Crippen molar-refractivity contribution >= 4 is 11.8 Å². The molecule has 2 amide bonds. The number of hydrogen-bond donors (Lipinski definition) is 0. The number of nitrogens with zero attached hydrogens (tertiary/aromatic N) is 3. The van der Waals surface area contributed by atoms with E-state index in [1.807, 2.05) is 40.1 Å². The van der Waals surface area contributed by atoms with Crippen molar-refractivity contribution in [1.29, 1.82) is 0 Å². The maximum atomic E-state index is 12.7. The highest BCUT2D eigenvalue weighted by molar-refractivity contribution is 5.78. The lowest BCUT2D eigenvalue weighted by Crippen LogP contribution is -2.52. The molecule has 2 fully saturated rings. The third kappa shape index (κ3) is 4.60. The van der Waals surface area contributed by atoms with Crippen LogP contribution >= 0.6 is 0 Å². The number of carbonyl (C=O) groups excluding carboxylic acids is 2. The molecule has 0 bridgehead atoms. The van der Waals surface area contributed by atoms with Crippen LogP contribution in [0.4, 0.5) is 0 Å². The van der Waals surface area contributed by atoms with Gasteiger partial charge >= 0.3 is 0 Å². The van der Waals surface area contributed by atoms with Crippen molar-refractivity contribution in [3.05, 3.63) is 35.9 Å². The normalized spacial score (nSPS) is 22.0. The first-order chi connectivity index (χ1) is 12.1. The molecule has 136 valence electrons. The maximum absolute atomic E-state index is 12.7. The molecular weight excluding hydrogens is 314 g/mol. The van der Waals surface area contributed by atoms with Crippen LogP contribution in [0.1, 0.15) is 44.2 Å². The SMILES string of the molecule is CC(=O)N1CCN(C(=O)CCN2CCCCC2)C[C@@H]1c1ccccc1. The molecule has 2 heterocycles. The summed E-state index contributed by atoms with van der Waals surface area (Å²) in [6.45, 7) is 6.58. The van der Waals surface area contributed by atoms with E-state index in [4.69, 9.17) is 0 Å². The van der Waals surface area contributed by atoms with E-state index in [1.165, 1.54) is 19.3 Å². The Labute approximate surface area is 150 Å². The van der Waals surface area contributed by atoms with Gasteiger partial charge in [0.25, 0.3) is 0 Å². The van der Waals surface area contributed by atoms with E-state index >= 15 is 0 Å². The van der Waals surface area contributed by atoms with Gasteiger partial charge in [0, 0.05) is 39.5 Å². The minimum absolute atomic E-state index is 0.0358. The number of benzene rings is 1. The summed E-state index contributed by atoms with van der Waals surface area (Å²) in [4.78, 5) is 30.9. The van der Waals surface area contributed by atoms with E-state index in [0.29, 0.717) is 26.1 Å². The lowest BCUT2D eigenvalue weighted by molar-refractivity contribution is -0.142. The number of likely N-dealkylation sites (tertiary alicyclic amines) is 1. The van der Waals surface area contributed by atoms with Crippen LogP contribution in [0.3, 0.4) is 0 Å². The van der Waals surface area contributed by atoms with E-state index < -0.39 is 0 Å². The standard InChI is InChI=1S/C20H29N3O2/c1-17(24)23-15-14-22(16-19(23)18-8-4-2-5-9-18)20(25)10-13-21-11-6-3-7-12-21/h2,4-5,8-9,19H,3,6-7,10-16H2,1H3/t19-/m1/s1. The van der Waals surface area contributed by atoms with Crippen molar-refractivity contribution in [2.45, 2.75) is 38.6 Å².